The van der Waals surface area contributed by atoms with Gasteiger partial charge in [0.2, 0.25) is 0 Å². The van der Waals surface area contributed by atoms with Crippen LogP contribution in [-0.2, 0) is 6.54 Å². The molecule has 0 radical (unpaired) electrons. The summed E-state index contributed by atoms with van der Waals surface area (Å²) in [6.07, 6.45) is 2.38. The van der Waals surface area contributed by atoms with Crippen molar-refractivity contribution in [1.29, 1.82) is 0 Å². The Morgan fingerprint density at radius 2 is 1.90 bits per heavy atom. The van der Waals surface area contributed by atoms with Crippen LogP contribution in [0.4, 0.5) is 0 Å². The first-order chi connectivity index (χ1) is 9.93. The van der Waals surface area contributed by atoms with Crippen LogP contribution in [0.2, 0.25) is 0 Å². The van der Waals surface area contributed by atoms with Crippen molar-refractivity contribution in [1.82, 2.24) is 4.98 Å². The lowest BCUT2D eigenvalue weighted by Gasteiger charge is -2.22. The van der Waals surface area contributed by atoms with Crippen molar-refractivity contribution in [3.05, 3.63) is 34.5 Å². The van der Waals surface area contributed by atoms with E-state index in [1.54, 1.807) is 0 Å². The minimum Gasteiger partial charge on any atom is -0.872 e. The second kappa shape index (κ2) is 6.44. The van der Waals surface area contributed by atoms with E-state index >= 15 is 0 Å². The molecule has 1 heterocycles. The van der Waals surface area contributed by atoms with Crippen LogP contribution >= 0.6 is 0 Å². The molecule has 1 aromatic heterocycles. The number of pyridine rings is 1. The first-order valence-electron chi connectivity index (χ1n) is 7.82. The molecular weight excluding hydrogens is 260 g/mol. The molecule has 0 aliphatic heterocycles. The summed E-state index contributed by atoms with van der Waals surface area (Å²) in [7, 11) is 2.15. The minimum atomic E-state index is 0.167. The molecule has 0 bridgehead atoms. The maximum absolute atomic E-state index is 12.8. The van der Waals surface area contributed by atoms with Gasteiger partial charge < -0.3 is 10.0 Å². The summed E-state index contributed by atoms with van der Waals surface area (Å²) >= 11 is 0. The fourth-order valence-corrected chi connectivity index (χ4v) is 2.92. The number of unbranched alkanes of at least 4 members (excludes halogenated alkanes) is 1. The molecule has 1 unspecified atom stereocenters. The Morgan fingerprint density at radius 3 is 2.57 bits per heavy atom. The SMILES string of the molecule is CCCC[NH+](C)Cc1c(C)nc2c(C)cc(C)cc2c1[O-]. The lowest BCUT2D eigenvalue weighted by molar-refractivity contribution is -0.894. The molecule has 0 aliphatic rings. The first kappa shape index (κ1) is 15.8. The molecule has 21 heavy (non-hydrogen) atoms. The third kappa shape index (κ3) is 3.35. The van der Waals surface area contributed by atoms with Gasteiger partial charge in [-0.05, 0) is 38.1 Å². The molecule has 0 fully saturated rings. The fourth-order valence-electron chi connectivity index (χ4n) is 2.92. The molecule has 0 amide bonds. The van der Waals surface area contributed by atoms with E-state index in [0.29, 0.717) is 0 Å². The Morgan fingerprint density at radius 1 is 1.19 bits per heavy atom. The van der Waals surface area contributed by atoms with E-state index in [1.165, 1.54) is 17.7 Å². The smallest absolute Gasteiger partial charge is 0.104 e. The number of rotatable bonds is 5. The summed E-state index contributed by atoms with van der Waals surface area (Å²) in [5, 5.41) is 13.6. The van der Waals surface area contributed by atoms with Crippen LogP contribution in [0.25, 0.3) is 10.9 Å². The van der Waals surface area contributed by atoms with E-state index in [9.17, 15) is 5.11 Å². The standard InChI is InChI=1S/C18H26N2O/c1-6-7-8-20(5)11-16-14(4)19-17-13(3)9-12(2)10-15(17)18(16)21/h9-10H,6-8,11H2,1-5H3,(H,19,21). The molecule has 1 atom stereocenters. The molecule has 3 nitrogen and oxygen atoms in total. The molecule has 0 aliphatic carbocycles. The number of fused-ring (bicyclic) bond motifs is 1. The molecular formula is C18H26N2O. The highest BCUT2D eigenvalue weighted by Gasteiger charge is 2.12. The van der Waals surface area contributed by atoms with Gasteiger partial charge in [-0.15, -0.1) is 0 Å². The summed E-state index contributed by atoms with van der Waals surface area (Å²) in [6.45, 7) is 10.1. The van der Waals surface area contributed by atoms with Gasteiger partial charge in [0.05, 0.1) is 19.1 Å². The third-order valence-electron chi connectivity index (χ3n) is 4.12. The number of hydrogen-bond acceptors (Lipinski definition) is 2. The molecule has 1 N–H and O–H groups in total. The van der Waals surface area contributed by atoms with Crippen molar-refractivity contribution in [2.75, 3.05) is 13.6 Å². The van der Waals surface area contributed by atoms with E-state index in [4.69, 9.17) is 4.98 Å². The zero-order chi connectivity index (χ0) is 15.6. The number of benzene rings is 1. The van der Waals surface area contributed by atoms with E-state index < -0.39 is 0 Å². The van der Waals surface area contributed by atoms with Crippen LogP contribution in [0, 0.1) is 20.8 Å². The lowest BCUT2D eigenvalue weighted by Crippen LogP contribution is -3.07. The average molecular weight is 286 g/mol. The van der Waals surface area contributed by atoms with Crippen molar-refractivity contribution in [2.45, 2.75) is 47.1 Å². The van der Waals surface area contributed by atoms with Crippen molar-refractivity contribution in [3.8, 4) is 5.75 Å². The second-order valence-electron chi connectivity index (χ2n) is 6.22. The zero-order valence-corrected chi connectivity index (χ0v) is 13.8. The fraction of sp³-hybridized carbons (Fsp3) is 0.500. The first-order valence-corrected chi connectivity index (χ1v) is 7.82. The van der Waals surface area contributed by atoms with E-state index in [-0.39, 0.29) is 5.75 Å². The molecule has 2 rings (SSSR count). The monoisotopic (exact) mass is 286 g/mol. The second-order valence-corrected chi connectivity index (χ2v) is 6.22. The van der Waals surface area contributed by atoms with E-state index in [0.717, 1.165) is 46.4 Å². The van der Waals surface area contributed by atoms with Gasteiger partial charge >= 0.3 is 0 Å². The molecule has 1 aromatic carbocycles. The normalized spacial score (nSPS) is 12.8. The Kier molecular flexibility index (Phi) is 4.84. The lowest BCUT2D eigenvalue weighted by atomic mass is 10.0. The minimum absolute atomic E-state index is 0.167. The average Bonchev–Trinajstić information content (AvgIpc) is 2.42. The number of quaternary nitrogens is 1. The summed E-state index contributed by atoms with van der Waals surface area (Å²) in [5.74, 6) is 0.167. The van der Waals surface area contributed by atoms with Crippen LogP contribution in [0.5, 0.6) is 5.75 Å². The molecule has 0 saturated heterocycles. The van der Waals surface area contributed by atoms with Crippen LogP contribution in [-0.4, -0.2) is 18.6 Å². The topological polar surface area (TPSA) is 40.4 Å². The number of aromatic nitrogens is 1. The van der Waals surface area contributed by atoms with E-state index in [1.807, 2.05) is 26.8 Å². The molecule has 3 heteroatoms. The largest absolute Gasteiger partial charge is 0.872 e. The number of hydrogen-bond donors (Lipinski definition) is 1. The highest BCUT2D eigenvalue weighted by molar-refractivity contribution is 5.89. The Labute approximate surface area is 127 Å². The Bertz CT molecular complexity index is 649. The van der Waals surface area contributed by atoms with Crippen LogP contribution in [0.1, 0.15) is 42.1 Å². The van der Waals surface area contributed by atoms with Crippen molar-refractivity contribution in [3.63, 3.8) is 0 Å². The van der Waals surface area contributed by atoms with Gasteiger partial charge in [-0.2, -0.15) is 0 Å². The third-order valence-corrected chi connectivity index (χ3v) is 4.12. The van der Waals surface area contributed by atoms with Crippen molar-refractivity contribution < 1.29 is 10.0 Å². The zero-order valence-electron chi connectivity index (χ0n) is 13.8. The van der Waals surface area contributed by atoms with Crippen molar-refractivity contribution >= 4 is 10.9 Å². The maximum atomic E-state index is 12.8. The molecule has 0 saturated carbocycles. The maximum Gasteiger partial charge on any atom is 0.104 e. The number of aryl methyl sites for hydroxylation is 3. The van der Waals surface area contributed by atoms with Gasteiger partial charge in [-0.25, -0.2) is 0 Å². The van der Waals surface area contributed by atoms with Gasteiger partial charge in [0.25, 0.3) is 0 Å². The Balaban J connectivity index is 2.45. The summed E-state index contributed by atoms with van der Waals surface area (Å²) in [5.41, 5.74) is 4.83. The number of nitrogens with zero attached hydrogens (tertiary/aromatic N) is 1. The van der Waals surface area contributed by atoms with Crippen LogP contribution in [0.3, 0.4) is 0 Å². The highest BCUT2D eigenvalue weighted by atomic mass is 16.3. The van der Waals surface area contributed by atoms with Crippen LogP contribution < -0.4 is 10.0 Å². The van der Waals surface area contributed by atoms with Crippen molar-refractivity contribution in [2.24, 2.45) is 0 Å². The highest BCUT2D eigenvalue weighted by Crippen LogP contribution is 2.29. The Hall–Kier alpha value is -1.61. The molecule has 2 aromatic rings. The van der Waals surface area contributed by atoms with Gasteiger partial charge in [-0.1, -0.05) is 36.8 Å². The predicted molar refractivity (Wildman–Crippen MR) is 85.8 cm³/mol. The van der Waals surface area contributed by atoms with Gasteiger partial charge in [0.1, 0.15) is 6.54 Å². The summed E-state index contributed by atoms with van der Waals surface area (Å²) in [6, 6.07) is 4.06. The van der Waals surface area contributed by atoms with Gasteiger partial charge in [0, 0.05) is 11.3 Å². The van der Waals surface area contributed by atoms with E-state index in [2.05, 4.69) is 20.0 Å². The van der Waals surface area contributed by atoms with Gasteiger partial charge in [-0.3, -0.25) is 4.98 Å². The molecule has 0 spiro atoms. The number of nitrogens with one attached hydrogen (secondary N) is 1. The van der Waals surface area contributed by atoms with Crippen LogP contribution in [0.15, 0.2) is 12.1 Å². The predicted octanol–water partition coefficient (Wildman–Crippen LogP) is 2.05. The van der Waals surface area contributed by atoms with Gasteiger partial charge in [0.15, 0.2) is 0 Å². The molecule has 114 valence electrons. The summed E-state index contributed by atoms with van der Waals surface area (Å²) in [4.78, 5) is 6.07. The quantitative estimate of drug-likeness (QED) is 0.914. The summed E-state index contributed by atoms with van der Waals surface area (Å²) < 4.78 is 0.